The van der Waals surface area contributed by atoms with E-state index in [-0.39, 0.29) is 11.9 Å². The van der Waals surface area contributed by atoms with Crippen LogP contribution in [0.3, 0.4) is 0 Å². The number of urea groups is 1. The molecular formula is C24H31N3O3. The Bertz CT molecular complexity index is 851. The predicted molar refractivity (Wildman–Crippen MR) is 119 cm³/mol. The van der Waals surface area contributed by atoms with Gasteiger partial charge in [-0.25, -0.2) is 4.79 Å². The van der Waals surface area contributed by atoms with Gasteiger partial charge in [0.2, 0.25) is 5.91 Å². The Morgan fingerprint density at radius 3 is 2.67 bits per heavy atom. The van der Waals surface area contributed by atoms with Gasteiger partial charge in [0.1, 0.15) is 5.75 Å². The maximum Gasteiger partial charge on any atom is 0.321 e. The number of nitrogens with zero attached hydrogens (tertiary/aromatic N) is 1. The highest BCUT2D eigenvalue weighted by molar-refractivity contribution is 5.89. The Morgan fingerprint density at radius 2 is 1.90 bits per heavy atom. The summed E-state index contributed by atoms with van der Waals surface area (Å²) in [5.74, 6) is 1.15. The molecule has 0 bridgehead atoms. The van der Waals surface area contributed by atoms with E-state index in [0.717, 1.165) is 48.4 Å². The number of rotatable bonds is 7. The van der Waals surface area contributed by atoms with Crippen LogP contribution in [-0.4, -0.2) is 37.0 Å². The number of para-hydroxylation sites is 1. The van der Waals surface area contributed by atoms with Crippen molar-refractivity contribution in [3.63, 3.8) is 0 Å². The van der Waals surface area contributed by atoms with Crippen molar-refractivity contribution >= 4 is 17.6 Å². The second kappa shape index (κ2) is 10.7. The molecule has 1 saturated heterocycles. The average Bonchev–Trinajstić information content (AvgIpc) is 2.78. The molecule has 0 unspecified atom stereocenters. The van der Waals surface area contributed by atoms with Gasteiger partial charge >= 0.3 is 6.03 Å². The monoisotopic (exact) mass is 409 g/mol. The number of benzene rings is 2. The van der Waals surface area contributed by atoms with Crippen LogP contribution in [0.5, 0.6) is 5.75 Å². The number of nitrogens with one attached hydrogen (secondary N) is 2. The Kier molecular flexibility index (Phi) is 7.71. The SMILES string of the molecule is COc1ccccc1CNC(=O)CC[C@H]1CCCN(C(=O)Nc2ccc(C)cc2)C1. The molecule has 2 N–H and O–H groups in total. The lowest BCUT2D eigenvalue weighted by atomic mass is 9.93. The molecule has 160 valence electrons. The molecule has 3 rings (SSSR count). The van der Waals surface area contributed by atoms with Crippen molar-refractivity contribution in [3.05, 3.63) is 59.7 Å². The van der Waals surface area contributed by atoms with Crippen molar-refractivity contribution in [2.45, 2.75) is 39.2 Å². The van der Waals surface area contributed by atoms with Gasteiger partial charge < -0.3 is 20.3 Å². The number of carbonyl (C=O) groups is 2. The Labute approximate surface area is 178 Å². The number of ether oxygens (including phenoxy) is 1. The fourth-order valence-electron chi connectivity index (χ4n) is 3.79. The molecule has 0 radical (unpaired) electrons. The Hall–Kier alpha value is -3.02. The van der Waals surface area contributed by atoms with Crippen LogP contribution in [0.15, 0.2) is 48.5 Å². The molecule has 3 amide bonds. The van der Waals surface area contributed by atoms with E-state index in [2.05, 4.69) is 10.6 Å². The molecule has 6 nitrogen and oxygen atoms in total. The Balaban J connectivity index is 1.42. The van der Waals surface area contributed by atoms with Crippen molar-refractivity contribution < 1.29 is 14.3 Å². The van der Waals surface area contributed by atoms with Crippen molar-refractivity contribution in [2.75, 3.05) is 25.5 Å². The predicted octanol–water partition coefficient (Wildman–Crippen LogP) is 4.34. The molecule has 1 aliphatic rings. The summed E-state index contributed by atoms with van der Waals surface area (Å²) in [4.78, 5) is 26.7. The highest BCUT2D eigenvalue weighted by Gasteiger charge is 2.24. The van der Waals surface area contributed by atoms with Crippen LogP contribution in [0.25, 0.3) is 0 Å². The second-order valence-corrected chi connectivity index (χ2v) is 7.88. The number of hydrogen-bond donors (Lipinski definition) is 2. The molecular weight excluding hydrogens is 378 g/mol. The lowest BCUT2D eigenvalue weighted by molar-refractivity contribution is -0.121. The largest absolute Gasteiger partial charge is 0.496 e. The second-order valence-electron chi connectivity index (χ2n) is 7.88. The molecule has 1 heterocycles. The summed E-state index contributed by atoms with van der Waals surface area (Å²) >= 11 is 0. The highest BCUT2D eigenvalue weighted by Crippen LogP contribution is 2.22. The minimum absolute atomic E-state index is 0.0298. The zero-order valence-corrected chi connectivity index (χ0v) is 17.8. The third kappa shape index (κ3) is 6.24. The van der Waals surface area contributed by atoms with E-state index in [1.54, 1.807) is 7.11 Å². The summed E-state index contributed by atoms with van der Waals surface area (Å²) < 4.78 is 5.32. The van der Waals surface area contributed by atoms with Gasteiger partial charge in [-0.1, -0.05) is 35.9 Å². The first kappa shape index (κ1) is 21.7. The van der Waals surface area contributed by atoms with Crippen LogP contribution in [0, 0.1) is 12.8 Å². The highest BCUT2D eigenvalue weighted by atomic mass is 16.5. The van der Waals surface area contributed by atoms with Crippen molar-refractivity contribution in [2.24, 2.45) is 5.92 Å². The van der Waals surface area contributed by atoms with Crippen LogP contribution in [0.4, 0.5) is 10.5 Å². The number of anilines is 1. The number of aryl methyl sites for hydroxylation is 1. The maximum atomic E-state index is 12.6. The van der Waals surface area contributed by atoms with Gasteiger partial charge in [0.25, 0.3) is 0 Å². The molecule has 0 aromatic heterocycles. The van der Waals surface area contributed by atoms with E-state index in [9.17, 15) is 9.59 Å². The molecule has 2 aromatic rings. The quantitative estimate of drug-likeness (QED) is 0.714. The third-order valence-corrected chi connectivity index (χ3v) is 5.56. The maximum absolute atomic E-state index is 12.6. The number of methoxy groups -OCH3 is 1. The van der Waals surface area contributed by atoms with Crippen LogP contribution in [0.1, 0.15) is 36.8 Å². The van der Waals surface area contributed by atoms with Crippen molar-refractivity contribution in [3.8, 4) is 5.75 Å². The Morgan fingerprint density at radius 1 is 1.13 bits per heavy atom. The molecule has 1 fully saturated rings. The van der Waals surface area contributed by atoms with Gasteiger partial charge in [-0.3, -0.25) is 4.79 Å². The van der Waals surface area contributed by atoms with E-state index >= 15 is 0 Å². The first-order valence-electron chi connectivity index (χ1n) is 10.6. The summed E-state index contributed by atoms with van der Waals surface area (Å²) in [5.41, 5.74) is 2.93. The molecule has 30 heavy (non-hydrogen) atoms. The van der Waals surface area contributed by atoms with E-state index in [1.807, 2.05) is 60.4 Å². The summed E-state index contributed by atoms with van der Waals surface area (Å²) in [5, 5.41) is 5.94. The van der Waals surface area contributed by atoms with E-state index in [1.165, 1.54) is 0 Å². The van der Waals surface area contributed by atoms with Crippen LogP contribution in [-0.2, 0) is 11.3 Å². The summed E-state index contributed by atoms with van der Waals surface area (Å²) in [7, 11) is 1.63. The fourth-order valence-corrected chi connectivity index (χ4v) is 3.79. The van der Waals surface area contributed by atoms with Gasteiger partial charge in [0, 0.05) is 37.3 Å². The third-order valence-electron chi connectivity index (χ3n) is 5.56. The van der Waals surface area contributed by atoms with Crippen molar-refractivity contribution in [1.82, 2.24) is 10.2 Å². The van der Waals surface area contributed by atoms with Crippen LogP contribution >= 0.6 is 0 Å². The number of piperidine rings is 1. The minimum Gasteiger partial charge on any atom is -0.496 e. The van der Waals surface area contributed by atoms with Crippen LogP contribution in [0.2, 0.25) is 0 Å². The van der Waals surface area contributed by atoms with E-state index in [0.29, 0.717) is 25.4 Å². The zero-order valence-electron chi connectivity index (χ0n) is 17.8. The van der Waals surface area contributed by atoms with E-state index in [4.69, 9.17) is 4.74 Å². The van der Waals surface area contributed by atoms with Gasteiger partial charge in [0.15, 0.2) is 0 Å². The molecule has 0 aliphatic carbocycles. The first-order valence-corrected chi connectivity index (χ1v) is 10.6. The first-order chi connectivity index (χ1) is 14.5. The summed E-state index contributed by atoms with van der Waals surface area (Å²) in [6, 6.07) is 15.4. The normalized spacial score (nSPS) is 16.1. The zero-order chi connectivity index (χ0) is 21.3. The lowest BCUT2D eigenvalue weighted by Crippen LogP contribution is -2.42. The van der Waals surface area contributed by atoms with E-state index < -0.39 is 0 Å². The minimum atomic E-state index is -0.0656. The summed E-state index contributed by atoms with van der Waals surface area (Å²) in [6.07, 6.45) is 3.27. The fraction of sp³-hybridized carbons (Fsp3) is 0.417. The van der Waals surface area contributed by atoms with Crippen LogP contribution < -0.4 is 15.4 Å². The van der Waals surface area contributed by atoms with Crippen molar-refractivity contribution in [1.29, 1.82) is 0 Å². The molecule has 0 saturated carbocycles. The smallest absolute Gasteiger partial charge is 0.321 e. The molecule has 0 spiro atoms. The van der Waals surface area contributed by atoms with Gasteiger partial charge in [-0.05, 0) is 50.3 Å². The topological polar surface area (TPSA) is 70.7 Å². The summed E-state index contributed by atoms with van der Waals surface area (Å²) in [6.45, 7) is 3.93. The number of likely N-dealkylation sites (tertiary alicyclic amines) is 1. The molecule has 1 atom stereocenters. The average molecular weight is 410 g/mol. The van der Waals surface area contributed by atoms with Gasteiger partial charge in [0.05, 0.1) is 7.11 Å². The molecule has 6 heteroatoms. The molecule has 2 aromatic carbocycles. The number of carbonyl (C=O) groups excluding carboxylic acids is 2. The lowest BCUT2D eigenvalue weighted by Gasteiger charge is -2.32. The molecule has 1 aliphatic heterocycles. The van der Waals surface area contributed by atoms with Gasteiger partial charge in [-0.2, -0.15) is 0 Å². The van der Waals surface area contributed by atoms with Gasteiger partial charge in [-0.15, -0.1) is 0 Å². The number of hydrogen-bond acceptors (Lipinski definition) is 3. The standard InChI is InChI=1S/C24H31N3O3/c1-18-9-12-21(13-10-18)26-24(29)27-15-5-6-19(17-27)11-14-23(28)25-16-20-7-3-4-8-22(20)30-2/h3-4,7-10,12-13,19H,5-6,11,14-17H2,1-2H3,(H,25,28)(H,26,29)/t19-/m1/s1. The number of amides is 3.